The first-order valence-corrected chi connectivity index (χ1v) is 10.6. The molecule has 0 fully saturated rings. The molecule has 0 atom stereocenters. The highest BCUT2D eigenvalue weighted by Crippen LogP contribution is 2.37. The molecule has 0 aliphatic heterocycles. The summed E-state index contributed by atoms with van der Waals surface area (Å²) in [6.07, 6.45) is -3.64. The van der Waals surface area contributed by atoms with Gasteiger partial charge in [-0.3, -0.25) is 9.48 Å². The lowest BCUT2D eigenvalue weighted by Gasteiger charge is -2.15. The van der Waals surface area contributed by atoms with E-state index in [1.54, 1.807) is 13.1 Å². The Kier molecular flexibility index (Phi) is 9.96. The molecule has 4 N–H and O–H groups in total. The van der Waals surface area contributed by atoms with Gasteiger partial charge in [0.2, 0.25) is 5.82 Å². The highest BCUT2D eigenvalue weighted by atomic mass is 35.5. The summed E-state index contributed by atoms with van der Waals surface area (Å²) in [6, 6.07) is 5.04. The summed E-state index contributed by atoms with van der Waals surface area (Å²) in [5.41, 5.74) is 5.99. The maximum atomic E-state index is 14.4. The summed E-state index contributed by atoms with van der Waals surface area (Å²) < 4.78 is 85.2. The van der Waals surface area contributed by atoms with Gasteiger partial charge in [0.15, 0.2) is 17.4 Å². The maximum Gasteiger partial charge on any atom is 0.490 e. The zero-order valence-electron chi connectivity index (χ0n) is 19.5. The monoisotopic (exact) mass is 568 g/mol. The van der Waals surface area contributed by atoms with E-state index >= 15 is 0 Å². The molecule has 0 spiro atoms. The van der Waals surface area contributed by atoms with Crippen LogP contribution >= 0.6 is 11.6 Å². The van der Waals surface area contributed by atoms with Crippen molar-refractivity contribution in [3.63, 3.8) is 0 Å². The Hall–Kier alpha value is -3.98. The lowest BCUT2D eigenvalue weighted by Crippen LogP contribution is -2.21. The fraction of sp³-hybridized carbons (Fsp3) is 0.227. The number of aromatic nitrogens is 2. The number of nitrogens with zero attached hydrogens (tertiary/aromatic N) is 2. The number of carboxylic acids is 1. The van der Waals surface area contributed by atoms with Crippen LogP contribution in [0.1, 0.15) is 10.4 Å². The smallest absolute Gasteiger partial charge is 0.490 e. The molecule has 0 radical (unpaired) electrons. The Labute approximate surface area is 215 Å². The topological polar surface area (TPSA) is 129 Å². The second-order valence-corrected chi connectivity index (χ2v) is 7.54. The average Bonchev–Trinajstić information content (AvgIpc) is 3.18. The van der Waals surface area contributed by atoms with Crippen LogP contribution in [-0.4, -0.2) is 53.2 Å². The van der Waals surface area contributed by atoms with Crippen LogP contribution in [-0.2, 0) is 11.8 Å². The zero-order chi connectivity index (χ0) is 28.8. The molecule has 3 rings (SSSR count). The predicted octanol–water partition coefficient (Wildman–Crippen LogP) is 4.39. The minimum atomic E-state index is -5.08. The summed E-state index contributed by atoms with van der Waals surface area (Å²) >= 11 is 6.23. The Balaban J connectivity index is 0.000000638. The second kappa shape index (κ2) is 12.5. The molecule has 2 aromatic carbocycles. The van der Waals surface area contributed by atoms with Crippen molar-refractivity contribution in [2.45, 2.75) is 6.18 Å². The molecule has 1 amide bonds. The van der Waals surface area contributed by atoms with Gasteiger partial charge in [-0.2, -0.15) is 22.7 Å². The number of ether oxygens (including phenoxy) is 2. The number of anilines is 1. The Bertz CT molecular complexity index is 1310. The number of carbonyl (C=O) groups is 2. The van der Waals surface area contributed by atoms with E-state index < -0.39 is 46.8 Å². The molecule has 206 valence electrons. The quantitative estimate of drug-likeness (QED) is 0.285. The van der Waals surface area contributed by atoms with Crippen molar-refractivity contribution in [3.05, 3.63) is 58.5 Å². The number of aliphatic carboxylic acids is 1. The molecule has 0 bridgehead atoms. The largest absolute Gasteiger partial charge is 0.492 e. The van der Waals surface area contributed by atoms with Crippen molar-refractivity contribution in [1.82, 2.24) is 9.78 Å². The van der Waals surface area contributed by atoms with Crippen LogP contribution in [0, 0.1) is 17.5 Å². The molecule has 0 saturated heterocycles. The van der Waals surface area contributed by atoms with Crippen LogP contribution in [0.25, 0.3) is 11.3 Å². The third kappa shape index (κ3) is 7.07. The Morgan fingerprint density at radius 2 is 1.82 bits per heavy atom. The first-order valence-electron chi connectivity index (χ1n) is 10.2. The van der Waals surface area contributed by atoms with Gasteiger partial charge >= 0.3 is 12.1 Å². The highest BCUT2D eigenvalue weighted by Gasteiger charge is 2.38. The maximum absolute atomic E-state index is 14.4. The summed E-state index contributed by atoms with van der Waals surface area (Å²) in [5, 5.41) is 14.0. The van der Waals surface area contributed by atoms with Gasteiger partial charge in [-0.1, -0.05) is 11.6 Å². The van der Waals surface area contributed by atoms with E-state index in [1.807, 2.05) is 0 Å². The van der Waals surface area contributed by atoms with Gasteiger partial charge in [0.25, 0.3) is 5.91 Å². The fourth-order valence-electron chi connectivity index (χ4n) is 2.92. The molecule has 9 nitrogen and oxygen atoms in total. The second-order valence-electron chi connectivity index (χ2n) is 7.14. The van der Waals surface area contributed by atoms with Crippen LogP contribution in [0.3, 0.4) is 0 Å². The van der Waals surface area contributed by atoms with Crippen molar-refractivity contribution < 1.29 is 50.5 Å². The fourth-order valence-corrected chi connectivity index (χ4v) is 3.19. The van der Waals surface area contributed by atoms with Gasteiger partial charge in [0.05, 0.1) is 29.6 Å². The number of carbonyl (C=O) groups excluding carboxylic acids is 1. The number of amides is 1. The minimum Gasteiger partial charge on any atom is -0.492 e. The first kappa shape index (κ1) is 30.2. The van der Waals surface area contributed by atoms with Gasteiger partial charge in [-0.15, -0.1) is 0 Å². The van der Waals surface area contributed by atoms with E-state index in [0.29, 0.717) is 28.1 Å². The number of alkyl halides is 3. The van der Waals surface area contributed by atoms with E-state index in [4.69, 9.17) is 32.0 Å². The average molecular weight is 569 g/mol. The summed E-state index contributed by atoms with van der Waals surface area (Å²) in [4.78, 5) is 21.5. The van der Waals surface area contributed by atoms with Gasteiger partial charge in [0.1, 0.15) is 12.4 Å². The lowest BCUT2D eigenvalue weighted by molar-refractivity contribution is -0.192. The molecule has 0 aliphatic rings. The molecule has 0 saturated carbocycles. The number of benzene rings is 2. The molecule has 1 heterocycles. The van der Waals surface area contributed by atoms with E-state index in [-0.39, 0.29) is 18.8 Å². The molecule has 0 aliphatic carbocycles. The number of halogens is 7. The number of hydrogen-bond acceptors (Lipinski definition) is 6. The minimum absolute atomic E-state index is 0.223. The van der Waals surface area contributed by atoms with Crippen molar-refractivity contribution in [3.8, 4) is 22.8 Å². The molecule has 1 aromatic heterocycles. The molecule has 38 heavy (non-hydrogen) atoms. The predicted molar refractivity (Wildman–Crippen MR) is 123 cm³/mol. The van der Waals surface area contributed by atoms with Crippen LogP contribution in [0.2, 0.25) is 5.02 Å². The number of aryl methyl sites for hydroxylation is 1. The summed E-state index contributed by atoms with van der Waals surface area (Å²) in [6.45, 7) is 0.502. The Morgan fingerprint density at radius 3 is 2.32 bits per heavy atom. The van der Waals surface area contributed by atoms with E-state index in [1.165, 1.54) is 23.0 Å². The van der Waals surface area contributed by atoms with Crippen molar-refractivity contribution in [2.24, 2.45) is 12.8 Å². The van der Waals surface area contributed by atoms with Gasteiger partial charge in [-0.25, -0.2) is 13.6 Å². The number of methoxy groups -OCH3 is 1. The Morgan fingerprint density at radius 1 is 1.18 bits per heavy atom. The standard InChI is InChI=1S/C20H18ClF3N4O3.C2HF3O2/c1-28-18(13(21)9-26-28)11-7-10(3-4-15(11)31-6-5-25)27-20(29)12-8-14(22)17(24)19(30-2)16(12)23;3-2(4,5)1(6)7/h3-4,7-9H,5-6,25H2,1-2H3,(H,27,29);(H,6,7). The van der Waals surface area contributed by atoms with Crippen LogP contribution < -0.4 is 20.5 Å². The van der Waals surface area contributed by atoms with E-state index in [0.717, 1.165) is 7.11 Å². The number of hydrogen-bond donors (Lipinski definition) is 3. The van der Waals surface area contributed by atoms with Gasteiger partial charge in [-0.05, 0) is 24.3 Å². The van der Waals surface area contributed by atoms with Crippen molar-refractivity contribution in [2.75, 3.05) is 25.6 Å². The SMILES string of the molecule is COc1c(F)c(F)cc(C(=O)Nc2ccc(OCCN)c(-c3c(Cl)cnn3C)c2)c1F.O=C(O)C(F)(F)F. The molecule has 0 unspecified atom stereocenters. The van der Waals surface area contributed by atoms with Crippen molar-refractivity contribution >= 4 is 29.2 Å². The first-order chi connectivity index (χ1) is 17.7. The molecule has 16 heteroatoms. The summed E-state index contributed by atoms with van der Waals surface area (Å²) in [5.74, 6) is -8.59. The van der Waals surface area contributed by atoms with Crippen molar-refractivity contribution in [1.29, 1.82) is 0 Å². The molecular weight excluding hydrogens is 550 g/mol. The highest BCUT2D eigenvalue weighted by molar-refractivity contribution is 6.33. The van der Waals surface area contributed by atoms with Gasteiger partial charge < -0.3 is 25.6 Å². The zero-order valence-corrected chi connectivity index (χ0v) is 20.3. The van der Waals surface area contributed by atoms with Crippen LogP contribution in [0.15, 0.2) is 30.5 Å². The number of rotatable bonds is 7. The molecular formula is C22H19ClF6N4O5. The number of carboxylic acid groups (broad SMARTS) is 1. The van der Waals surface area contributed by atoms with Crippen LogP contribution in [0.5, 0.6) is 11.5 Å². The third-order valence-corrected chi connectivity index (χ3v) is 4.85. The van der Waals surface area contributed by atoms with E-state index in [2.05, 4.69) is 15.2 Å². The van der Waals surface area contributed by atoms with Crippen LogP contribution in [0.4, 0.5) is 32.0 Å². The van der Waals surface area contributed by atoms with Gasteiger partial charge in [0, 0.05) is 24.8 Å². The van der Waals surface area contributed by atoms with E-state index in [9.17, 15) is 31.1 Å². The normalized spacial score (nSPS) is 10.9. The molecule has 3 aromatic rings. The lowest BCUT2D eigenvalue weighted by atomic mass is 10.1. The third-order valence-electron chi connectivity index (χ3n) is 4.57. The number of nitrogens with two attached hydrogens (primary N) is 1. The number of nitrogens with one attached hydrogen (secondary N) is 1. The summed E-state index contributed by atoms with van der Waals surface area (Å²) in [7, 11) is 2.63.